The molecular formula is C16H26N2O2. The van der Waals surface area contributed by atoms with Crippen molar-refractivity contribution in [2.45, 2.75) is 45.8 Å². The second-order valence-corrected chi connectivity index (χ2v) is 5.33. The average Bonchev–Trinajstić information content (AvgIpc) is 2.44. The molecule has 0 aliphatic carbocycles. The minimum atomic E-state index is -0.339. The predicted octanol–water partition coefficient (Wildman–Crippen LogP) is 2.28. The zero-order chi connectivity index (χ0) is 15.1. The number of rotatable bonds is 7. The van der Waals surface area contributed by atoms with E-state index in [-0.39, 0.29) is 18.1 Å². The Balaban J connectivity index is 2.51. The topological polar surface area (TPSA) is 52.6 Å². The summed E-state index contributed by atoms with van der Waals surface area (Å²) in [7, 11) is 1.90. The molecule has 112 valence electrons. The minimum absolute atomic E-state index is 0.0256. The van der Waals surface area contributed by atoms with Crippen LogP contribution in [0.5, 0.6) is 0 Å². The largest absolute Gasteiger partial charge is 0.393 e. The summed E-state index contributed by atoms with van der Waals surface area (Å²) in [4.78, 5) is 14.1. The molecule has 2 atom stereocenters. The van der Waals surface area contributed by atoms with Gasteiger partial charge in [0.2, 0.25) is 5.91 Å². The monoisotopic (exact) mass is 278 g/mol. The number of amides is 1. The maximum Gasteiger partial charge on any atom is 0.241 e. The lowest BCUT2D eigenvalue weighted by Crippen LogP contribution is -2.40. The van der Waals surface area contributed by atoms with E-state index in [4.69, 9.17) is 0 Å². The third-order valence-electron chi connectivity index (χ3n) is 3.57. The van der Waals surface area contributed by atoms with E-state index in [1.807, 2.05) is 43.1 Å². The van der Waals surface area contributed by atoms with Gasteiger partial charge in [-0.05, 0) is 51.4 Å². The van der Waals surface area contributed by atoms with E-state index in [1.165, 1.54) is 5.56 Å². The molecule has 0 heterocycles. The van der Waals surface area contributed by atoms with Crippen molar-refractivity contribution in [1.82, 2.24) is 4.90 Å². The highest BCUT2D eigenvalue weighted by Crippen LogP contribution is 2.11. The van der Waals surface area contributed by atoms with Crippen molar-refractivity contribution in [3.8, 4) is 0 Å². The molecule has 1 aromatic rings. The summed E-state index contributed by atoms with van der Waals surface area (Å²) in [6.45, 7) is 6.43. The molecule has 2 unspecified atom stereocenters. The summed E-state index contributed by atoms with van der Waals surface area (Å²) < 4.78 is 0. The Morgan fingerprint density at radius 2 is 1.90 bits per heavy atom. The number of aryl methyl sites for hydroxylation is 1. The first kappa shape index (κ1) is 16.7. The van der Waals surface area contributed by atoms with Crippen LogP contribution >= 0.6 is 0 Å². The number of nitrogens with one attached hydrogen (secondary N) is 1. The summed E-state index contributed by atoms with van der Waals surface area (Å²) in [6.07, 6.45) is 1.32. The van der Waals surface area contributed by atoms with Gasteiger partial charge in [0.25, 0.3) is 0 Å². The summed E-state index contributed by atoms with van der Waals surface area (Å²) in [5.41, 5.74) is 2.08. The first-order chi connectivity index (χ1) is 9.43. The van der Waals surface area contributed by atoms with Gasteiger partial charge in [0.05, 0.1) is 12.1 Å². The molecule has 1 amide bonds. The van der Waals surface area contributed by atoms with Gasteiger partial charge in [-0.2, -0.15) is 0 Å². The molecule has 0 spiro atoms. The summed E-state index contributed by atoms with van der Waals surface area (Å²) >= 11 is 0. The number of carbonyl (C=O) groups is 1. The van der Waals surface area contributed by atoms with Crippen molar-refractivity contribution >= 4 is 11.6 Å². The van der Waals surface area contributed by atoms with Crippen LogP contribution < -0.4 is 5.32 Å². The van der Waals surface area contributed by atoms with E-state index in [0.717, 1.165) is 12.1 Å². The maximum atomic E-state index is 12.1. The average molecular weight is 278 g/mol. The van der Waals surface area contributed by atoms with E-state index in [0.29, 0.717) is 13.0 Å². The molecule has 0 aromatic heterocycles. The third-order valence-corrected chi connectivity index (χ3v) is 3.57. The quantitative estimate of drug-likeness (QED) is 0.804. The smallest absolute Gasteiger partial charge is 0.241 e. The van der Waals surface area contributed by atoms with E-state index < -0.39 is 0 Å². The Bertz CT molecular complexity index is 415. The number of anilines is 1. The van der Waals surface area contributed by atoms with Gasteiger partial charge in [-0.25, -0.2) is 0 Å². The molecule has 0 radical (unpaired) electrons. The number of likely N-dealkylation sites (N-methyl/N-ethyl adjacent to an activating group) is 1. The second kappa shape index (κ2) is 8.02. The molecule has 20 heavy (non-hydrogen) atoms. The Hall–Kier alpha value is -1.39. The molecule has 1 rings (SSSR count). The Labute approximate surface area is 121 Å². The number of carbonyl (C=O) groups excluding carboxylic acids is 1. The number of benzene rings is 1. The lowest BCUT2D eigenvalue weighted by atomic mass is 10.1. The van der Waals surface area contributed by atoms with Crippen LogP contribution in [0.2, 0.25) is 0 Å². The first-order valence-electron chi connectivity index (χ1n) is 7.22. The predicted molar refractivity (Wildman–Crippen MR) is 82.8 cm³/mol. The zero-order valence-corrected chi connectivity index (χ0v) is 12.9. The lowest BCUT2D eigenvalue weighted by molar-refractivity contribution is -0.120. The van der Waals surface area contributed by atoms with Gasteiger partial charge in [-0.15, -0.1) is 0 Å². The summed E-state index contributed by atoms with van der Waals surface area (Å²) in [5, 5.41) is 12.2. The molecule has 0 saturated carbocycles. The van der Waals surface area contributed by atoms with Crippen LogP contribution in [0.15, 0.2) is 24.3 Å². The fourth-order valence-electron chi connectivity index (χ4n) is 1.85. The number of hydrogen-bond donors (Lipinski definition) is 2. The van der Waals surface area contributed by atoms with Crippen LogP contribution in [-0.4, -0.2) is 41.7 Å². The van der Waals surface area contributed by atoms with Crippen molar-refractivity contribution in [3.05, 3.63) is 29.8 Å². The summed E-state index contributed by atoms with van der Waals surface area (Å²) in [5.74, 6) is -0.0256. The molecule has 2 N–H and O–H groups in total. The molecule has 0 bridgehead atoms. The third kappa shape index (κ3) is 5.31. The molecule has 0 aliphatic heterocycles. The van der Waals surface area contributed by atoms with Gasteiger partial charge in [-0.3, -0.25) is 9.69 Å². The number of aliphatic hydroxyl groups is 1. The molecule has 4 nitrogen and oxygen atoms in total. The lowest BCUT2D eigenvalue weighted by Gasteiger charge is -2.24. The van der Waals surface area contributed by atoms with Crippen LogP contribution in [0.4, 0.5) is 5.69 Å². The molecule has 0 aliphatic rings. The molecule has 1 aromatic carbocycles. The Morgan fingerprint density at radius 1 is 1.30 bits per heavy atom. The van der Waals surface area contributed by atoms with Crippen molar-refractivity contribution in [1.29, 1.82) is 0 Å². The van der Waals surface area contributed by atoms with Crippen LogP contribution in [0.25, 0.3) is 0 Å². The van der Waals surface area contributed by atoms with E-state index >= 15 is 0 Å². The minimum Gasteiger partial charge on any atom is -0.393 e. The van der Waals surface area contributed by atoms with E-state index in [1.54, 1.807) is 6.92 Å². The van der Waals surface area contributed by atoms with Gasteiger partial charge < -0.3 is 10.4 Å². The fraction of sp³-hybridized carbons (Fsp3) is 0.562. The zero-order valence-electron chi connectivity index (χ0n) is 12.9. The molecule has 0 fully saturated rings. The standard InChI is InChI=1S/C16H26N2O2/c1-5-14-6-8-15(9-7-14)17-16(20)13(3)18(4)11-10-12(2)19/h6-9,12-13,19H,5,10-11H2,1-4H3,(H,17,20). The van der Waals surface area contributed by atoms with Crippen molar-refractivity contribution in [2.75, 3.05) is 18.9 Å². The van der Waals surface area contributed by atoms with Gasteiger partial charge in [0.15, 0.2) is 0 Å². The fourth-order valence-corrected chi connectivity index (χ4v) is 1.85. The Kier molecular flexibility index (Phi) is 6.68. The van der Waals surface area contributed by atoms with Gasteiger partial charge in [-0.1, -0.05) is 19.1 Å². The van der Waals surface area contributed by atoms with Crippen LogP contribution in [0, 0.1) is 0 Å². The highest BCUT2D eigenvalue weighted by molar-refractivity contribution is 5.94. The van der Waals surface area contributed by atoms with Crippen molar-refractivity contribution < 1.29 is 9.90 Å². The number of hydrogen-bond acceptors (Lipinski definition) is 3. The highest BCUT2D eigenvalue weighted by atomic mass is 16.3. The molecule has 4 heteroatoms. The Morgan fingerprint density at radius 3 is 2.40 bits per heavy atom. The van der Waals surface area contributed by atoms with Crippen LogP contribution in [0.1, 0.15) is 32.8 Å². The van der Waals surface area contributed by atoms with Crippen LogP contribution in [0.3, 0.4) is 0 Å². The molecular weight excluding hydrogens is 252 g/mol. The van der Waals surface area contributed by atoms with Gasteiger partial charge >= 0.3 is 0 Å². The van der Waals surface area contributed by atoms with E-state index in [9.17, 15) is 9.90 Å². The highest BCUT2D eigenvalue weighted by Gasteiger charge is 2.18. The van der Waals surface area contributed by atoms with Gasteiger partial charge in [0, 0.05) is 12.2 Å². The molecule has 0 saturated heterocycles. The van der Waals surface area contributed by atoms with Gasteiger partial charge in [0.1, 0.15) is 0 Å². The second-order valence-electron chi connectivity index (χ2n) is 5.33. The van der Waals surface area contributed by atoms with Crippen molar-refractivity contribution in [3.63, 3.8) is 0 Å². The van der Waals surface area contributed by atoms with Crippen molar-refractivity contribution in [2.24, 2.45) is 0 Å². The number of aliphatic hydroxyl groups excluding tert-OH is 1. The number of nitrogens with zero attached hydrogens (tertiary/aromatic N) is 1. The summed E-state index contributed by atoms with van der Waals surface area (Å²) in [6, 6.07) is 7.69. The normalized spacial score (nSPS) is 14.1. The SMILES string of the molecule is CCc1ccc(NC(=O)C(C)N(C)CCC(C)O)cc1. The maximum absolute atomic E-state index is 12.1. The van der Waals surface area contributed by atoms with Crippen LogP contribution in [-0.2, 0) is 11.2 Å². The first-order valence-corrected chi connectivity index (χ1v) is 7.22. The van der Waals surface area contributed by atoms with E-state index in [2.05, 4.69) is 12.2 Å².